The zero-order valence-corrected chi connectivity index (χ0v) is 14.3. The zero-order chi connectivity index (χ0) is 15.5. The summed E-state index contributed by atoms with van der Waals surface area (Å²) in [4.78, 5) is 26.9. The molecule has 0 saturated carbocycles. The maximum Gasteiger partial charge on any atom is 0.246 e. The van der Waals surface area contributed by atoms with E-state index in [0.717, 1.165) is 12.2 Å². The minimum atomic E-state index is -0.417. The Morgan fingerprint density at radius 3 is 2.35 bits per heavy atom. The predicted octanol–water partition coefficient (Wildman–Crippen LogP) is 2.14. The second-order valence-corrected chi connectivity index (χ2v) is 7.86. The maximum atomic E-state index is 12.7. The van der Waals surface area contributed by atoms with Crippen LogP contribution in [0, 0.1) is 11.3 Å². The lowest BCUT2D eigenvalue weighted by molar-refractivity contribution is -0.154. The number of carbonyl (C=O) groups is 2. The first kappa shape index (κ1) is 17.3. The summed E-state index contributed by atoms with van der Waals surface area (Å²) in [6, 6.07) is -0.748. The molecule has 0 aromatic rings. The number of amides is 2. The number of rotatable bonds is 5. The van der Waals surface area contributed by atoms with E-state index in [1.165, 1.54) is 0 Å². The van der Waals surface area contributed by atoms with Gasteiger partial charge in [-0.05, 0) is 29.8 Å². The van der Waals surface area contributed by atoms with Gasteiger partial charge in [-0.15, -0.1) is 0 Å². The van der Waals surface area contributed by atoms with Gasteiger partial charge in [-0.3, -0.25) is 9.59 Å². The van der Waals surface area contributed by atoms with Crippen molar-refractivity contribution in [3.63, 3.8) is 0 Å². The molecule has 1 saturated heterocycles. The Morgan fingerprint density at radius 2 is 1.90 bits per heavy atom. The van der Waals surface area contributed by atoms with Gasteiger partial charge in [0, 0.05) is 6.54 Å². The van der Waals surface area contributed by atoms with Crippen molar-refractivity contribution in [3.8, 4) is 0 Å². The van der Waals surface area contributed by atoms with Gasteiger partial charge < -0.3 is 10.2 Å². The van der Waals surface area contributed by atoms with Crippen LogP contribution in [-0.2, 0) is 9.59 Å². The lowest BCUT2D eigenvalue weighted by Gasteiger charge is -2.44. The molecule has 1 aliphatic rings. The van der Waals surface area contributed by atoms with Crippen LogP contribution in [0.25, 0.3) is 0 Å². The molecule has 0 aromatic carbocycles. The fourth-order valence-corrected chi connectivity index (χ4v) is 3.03. The van der Waals surface area contributed by atoms with Gasteiger partial charge in [0.25, 0.3) is 0 Å². The first-order valence-corrected chi connectivity index (χ1v) is 8.69. The Balaban J connectivity index is 2.95. The van der Waals surface area contributed by atoms with Gasteiger partial charge in [-0.25, -0.2) is 0 Å². The highest BCUT2D eigenvalue weighted by atomic mass is 32.2. The fourth-order valence-electron chi connectivity index (χ4n) is 2.61. The fraction of sp³-hybridized carbons (Fsp3) is 0.867. The minimum absolute atomic E-state index is 0.0105. The lowest BCUT2D eigenvalue weighted by atomic mass is 9.82. The number of nitrogens with zero attached hydrogens (tertiary/aromatic N) is 1. The van der Waals surface area contributed by atoms with E-state index < -0.39 is 6.04 Å². The van der Waals surface area contributed by atoms with Crippen molar-refractivity contribution in [3.05, 3.63) is 0 Å². The van der Waals surface area contributed by atoms with E-state index in [2.05, 4.69) is 11.6 Å². The van der Waals surface area contributed by atoms with Crippen LogP contribution < -0.4 is 5.32 Å². The summed E-state index contributed by atoms with van der Waals surface area (Å²) in [5.41, 5.74) is -0.257. The van der Waals surface area contributed by atoms with E-state index in [-0.39, 0.29) is 29.2 Å². The first-order valence-electron chi connectivity index (χ1n) is 7.30. The van der Waals surface area contributed by atoms with Crippen molar-refractivity contribution in [1.82, 2.24) is 10.2 Å². The van der Waals surface area contributed by atoms with Crippen molar-refractivity contribution in [1.29, 1.82) is 0 Å². The van der Waals surface area contributed by atoms with E-state index in [9.17, 15) is 9.59 Å². The van der Waals surface area contributed by atoms with Crippen molar-refractivity contribution >= 4 is 23.6 Å². The van der Waals surface area contributed by atoms with Crippen LogP contribution >= 0.6 is 11.8 Å². The molecule has 1 N–H and O–H groups in total. The molecule has 20 heavy (non-hydrogen) atoms. The van der Waals surface area contributed by atoms with Crippen LogP contribution in [0.2, 0.25) is 0 Å². The van der Waals surface area contributed by atoms with Crippen LogP contribution in [0.15, 0.2) is 0 Å². The molecule has 1 fully saturated rings. The first-order chi connectivity index (χ1) is 9.20. The van der Waals surface area contributed by atoms with Gasteiger partial charge in [0.1, 0.15) is 12.1 Å². The van der Waals surface area contributed by atoms with E-state index in [1.54, 1.807) is 16.7 Å². The van der Waals surface area contributed by atoms with Crippen LogP contribution in [0.3, 0.4) is 0 Å². The summed E-state index contributed by atoms with van der Waals surface area (Å²) in [6.45, 7) is 10.6. The summed E-state index contributed by atoms with van der Waals surface area (Å²) in [6.07, 6.45) is 2.99. The van der Waals surface area contributed by atoms with Gasteiger partial charge in [-0.1, -0.05) is 34.6 Å². The van der Waals surface area contributed by atoms with Crippen molar-refractivity contribution in [2.75, 3.05) is 18.6 Å². The summed E-state index contributed by atoms with van der Waals surface area (Å²) < 4.78 is 0. The highest BCUT2D eigenvalue weighted by Gasteiger charge is 2.45. The molecule has 1 aliphatic heterocycles. The van der Waals surface area contributed by atoms with Crippen molar-refractivity contribution < 1.29 is 9.59 Å². The molecule has 2 unspecified atom stereocenters. The van der Waals surface area contributed by atoms with Gasteiger partial charge >= 0.3 is 0 Å². The molecule has 0 aromatic heterocycles. The number of nitrogens with one attached hydrogen (secondary N) is 1. The molecule has 0 bridgehead atoms. The van der Waals surface area contributed by atoms with E-state index in [1.807, 2.05) is 34.6 Å². The van der Waals surface area contributed by atoms with E-state index in [0.29, 0.717) is 6.54 Å². The second kappa shape index (κ2) is 6.83. The molecule has 1 heterocycles. The van der Waals surface area contributed by atoms with Crippen LogP contribution in [-0.4, -0.2) is 47.4 Å². The number of hydrogen-bond acceptors (Lipinski definition) is 3. The Kier molecular flexibility index (Phi) is 5.92. The quantitative estimate of drug-likeness (QED) is 0.791. The number of piperazine rings is 1. The summed E-state index contributed by atoms with van der Waals surface area (Å²) in [5.74, 6) is 1.20. The van der Waals surface area contributed by atoms with Crippen LogP contribution in [0.1, 0.15) is 41.0 Å². The summed E-state index contributed by atoms with van der Waals surface area (Å²) >= 11 is 1.77. The maximum absolute atomic E-state index is 12.7. The largest absolute Gasteiger partial charge is 0.342 e. The molecule has 0 aliphatic carbocycles. The van der Waals surface area contributed by atoms with Gasteiger partial charge in [0.2, 0.25) is 11.8 Å². The average molecular weight is 300 g/mol. The zero-order valence-electron chi connectivity index (χ0n) is 13.5. The smallest absolute Gasteiger partial charge is 0.246 e. The molecule has 4 nitrogen and oxygen atoms in total. The number of carbonyl (C=O) groups excluding carboxylic acids is 2. The second-order valence-electron chi connectivity index (χ2n) is 6.87. The molecule has 0 spiro atoms. The molecular weight excluding hydrogens is 272 g/mol. The Labute approximate surface area is 127 Å². The average Bonchev–Trinajstić information content (AvgIpc) is 2.31. The van der Waals surface area contributed by atoms with Crippen molar-refractivity contribution in [2.45, 2.75) is 53.1 Å². The third-order valence-electron chi connectivity index (χ3n) is 3.67. The molecule has 1 rings (SSSR count). The highest BCUT2D eigenvalue weighted by Crippen LogP contribution is 2.27. The predicted molar refractivity (Wildman–Crippen MR) is 84.7 cm³/mol. The standard InChI is InChI=1S/C15H28N2O2S/c1-10(2)11-13(18)16-12(15(3,4)5)14(19)17(11)8-7-9-20-6/h10-12H,7-9H2,1-6H3,(H,16,18). The van der Waals surface area contributed by atoms with E-state index >= 15 is 0 Å². The van der Waals surface area contributed by atoms with Crippen LogP contribution in [0.5, 0.6) is 0 Å². The Morgan fingerprint density at radius 1 is 1.30 bits per heavy atom. The van der Waals surface area contributed by atoms with Gasteiger partial charge in [0.15, 0.2) is 0 Å². The normalized spacial score (nSPS) is 24.2. The molecule has 116 valence electrons. The molecular formula is C15H28N2O2S. The monoisotopic (exact) mass is 300 g/mol. The lowest BCUT2D eigenvalue weighted by Crippen LogP contribution is -2.67. The van der Waals surface area contributed by atoms with E-state index in [4.69, 9.17) is 0 Å². The minimum Gasteiger partial charge on any atom is -0.342 e. The summed E-state index contributed by atoms with van der Waals surface area (Å²) in [7, 11) is 0. The number of hydrogen-bond donors (Lipinski definition) is 1. The third-order valence-corrected chi connectivity index (χ3v) is 4.36. The van der Waals surface area contributed by atoms with Gasteiger partial charge in [-0.2, -0.15) is 11.8 Å². The number of thioether (sulfide) groups is 1. The van der Waals surface area contributed by atoms with Gasteiger partial charge in [0.05, 0.1) is 0 Å². The Hall–Kier alpha value is -0.710. The molecule has 2 atom stereocenters. The SMILES string of the molecule is CSCCCN1C(=O)C(C(C)(C)C)NC(=O)C1C(C)C. The van der Waals surface area contributed by atoms with Crippen LogP contribution in [0.4, 0.5) is 0 Å². The Bertz CT molecular complexity index is 363. The van der Waals surface area contributed by atoms with Crippen molar-refractivity contribution in [2.24, 2.45) is 11.3 Å². The third kappa shape index (κ3) is 3.90. The summed E-state index contributed by atoms with van der Waals surface area (Å²) in [5, 5.41) is 2.92. The topological polar surface area (TPSA) is 49.4 Å². The highest BCUT2D eigenvalue weighted by molar-refractivity contribution is 7.98. The molecule has 2 amide bonds. The molecule has 5 heteroatoms. The molecule has 0 radical (unpaired) electrons.